The van der Waals surface area contributed by atoms with Crippen LogP contribution in [0.15, 0.2) is 61.2 Å². The summed E-state index contributed by atoms with van der Waals surface area (Å²) in [4.78, 5) is 14.4. The van der Waals surface area contributed by atoms with Gasteiger partial charge in [0.05, 0.1) is 0 Å². The summed E-state index contributed by atoms with van der Waals surface area (Å²) < 4.78 is 13.0. The summed E-state index contributed by atoms with van der Waals surface area (Å²) in [6, 6.07) is 15.9. The number of benzene rings is 2. The molecule has 1 heterocycles. The van der Waals surface area contributed by atoms with Crippen molar-refractivity contribution in [2.24, 2.45) is 5.92 Å². The van der Waals surface area contributed by atoms with Crippen LogP contribution < -0.4 is 0 Å². The van der Waals surface area contributed by atoms with Crippen molar-refractivity contribution in [1.29, 1.82) is 0 Å². The molecule has 0 spiro atoms. The van der Waals surface area contributed by atoms with Crippen molar-refractivity contribution in [3.8, 4) is 0 Å². The van der Waals surface area contributed by atoms with Gasteiger partial charge in [-0.25, -0.2) is 4.39 Å². The van der Waals surface area contributed by atoms with E-state index in [4.69, 9.17) is 0 Å². The van der Waals surface area contributed by atoms with Gasteiger partial charge in [-0.05, 0) is 54.2 Å². The largest absolute Gasteiger partial charge is 0.339 e. The molecule has 2 aromatic rings. The van der Waals surface area contributed by atoms with Gasteiger partial charge in [-0.3, -0.25) is 4.79 Å². The minimum Gasteiger partial charge on any atom is -0.339 e. The van der Waals surface area contributed by atoms with Crippen molar-refractivity contribution in [1.82, 2.24) is 4.90 Å². The van der Waals surface area contributed by atoms with Gasteiger partial charge >= 0.3 is 0 Å². The van der Waals surface area contributed by atoms with E-state index in [0.29, 0.717) is 5.92 Å². The second kappa shape index (κ2) is 6.78. The lowest BCUT2D eigenvalue weighted by Crippen LogP contribution is -2.38. The fourth-order valence-electron chi connectivity index (χ4n) is 3.09. The Kier molecular flexibility index (Phi) is 4.56. The highest BCUT2D eigenvalue weighted by Crippen LogP contribution is 2.31. The van der Waals surface area contributed by atoms with Gasteiger partial charge < -0.3 is 4.90 Å². The lowest BCUT2D eigenvalue weighted by atomic mass is 9.86. The molecule has 23 heavy (non-hydrogen) atoms. The second-order valence-corrected chi connectivity index (χ2v) is 5.96. The number of piperidine rings is 1. The van der Waals surface area contributed by atoms with E-state index in [-0.39, 0.29) is 11.7 Å². The van der Waals surface area contributed by atoms with E-state index in [9.17, 15) is 9.18 Å². The van der Waals surface area contributed by atoms with Gasteiger partial charge in [0.2, 0.25) is 0 Å². The Labute approximate surface area is 136 Å². The molecule has 1 amide bonds. The van der Waals surface area contributed by atoms with Gasteiger partial charge in [-0.1, -0.05) is 36.9 Å². The lowest BCUT2D eigenvalue weighted by molar-refractivity contribution is 0.0708. The molecule has 3 heteroatoms. The van der Waals surface area contributed by atoms with Crippen LogP contribution in [0.5, 0.6) is 0 Å². The molecule has 0 aliphatic carbocycles. The normalized spacial score (nSPS) is 15.4. The van der Waals surface area contributed by atoms with Crippen LogP contribution in [0.25, 0.3) is 5.57 Å². The molecular weight excluding hydrogens is 289 g/mol. The Morgan fingerprint density at radius 2 is 1.57 bits per heavy atom. The topological polar surface area (TPSA) is 20.3 Å². The van der Waals surface area contributed by atoms with Crippen LogP contribution >= 0.6 is 0 Å². The van der Waals surface area contributed by atoms with E-state index in [1.165, 1.54) is 12.1 Å². The van der Waals surface area contributed by atoms with E-state index >= 15 is 0 Å². The lowest BCUT2D eigenvalue weighted by Gasteiger charge is -2.33. The first-order valence-electron chi connectivity index (χ1n) is 7.94. The minimum atomic E-state index is -0.232. The van der Waals surface area contributed by atoms with Crippen LogP contribution in [0, 0.1) is 11.7 Å². The molecule has 1 aliphatic heterocycles. The number of halogens is 1. The Hall–Kier alpha value is -2.42. The van der Waals surface area contributed by atoms with Crippen molar-refractivity contribution >= 4 is 11.5 Å². The highest BCUT2D eigenvalue weighted by molar-refractivity contribution is 5.94. The maximum Gasteiger partial charge on any atom is 0.253 e. The molecule has 0 atom stereocenters. The summed E-state index contributed by atoms with van der Waals surface area (Å²) in [6.45, 7) is 5.65. The first kappa shape index (κ1) is 15.5. The fraction of sp³-hybridized carbons (Fsp3) is 0.250. The third-order valence-corrected chi connectivity index (χ3v) is 4.51. The Bertz CT molecular complexity index is 685. The first-order chi connectivity index (χ1) is 11.1. The maximum absolute atomic E-state index is 13.0. The van der Waals surface area contributed by atoms with Crippen molar-refractivity contribution in [3.63, 3.8) is 0 Å². The van der Waals surface area contributed by atoms with Crippen LogP contribution in [0.3, 0.4) is 0 Å². The van der Waals surface area contributed by atoms with E-state index in [0.717, 1.165) is 42.6 Å². The summed E-state index contributed by atoms with van der Waals surface area (Å²) in [5.41, 5.74) is 2.76. The van der Waals surface area contributed by atoms with E-state index < -0.39 is 0 Å². The summed E-state index contributed by atoms with van der Waals surface area (Å²) in [6.07, 6.45) is 1.80. The molecule has 2 aromatic carbocycles. The van der Waals surface area contributed by atoms with Crippen LogP contribution in [0.4, 0.5) is 4.39 Å². The van der Waals surface area contributed by atoms with Gasteiger partial charge in [-0.15, -0.1) is 0 Å². The second-order valence-electron chi connectivity index (χ2n) is 5.96. The molecule has 0 N–H and O–H groups in total. The molecule has 0 unspecified atom stereocenters. The van der Waals surface area contributed by atoms with Crippen LogP contribution in [-0.4, -0.2) is 23.9 Å². The Balaban J connectivity index is 1.61. The summed E-state index contributed by atoms with van der Waals surface area (Å²) in [5, 5.41) is 0. The smallest absolute Gasteiger partial charge is 0.253 e. The van der Waals surface area contributed by atoms with Gasteiger partial charge in [0.15, 0.2) is 0 Å². The summed E-state index contributed by atoms with van der Waals surface area (Å²) in [5.74, 6) is 0.210. The standard InChI is InChI=1S/C20H20FNO/c1-15(16-7-9-19(21)10-8-16)17-11-13-22(14-12-17)20(23)18-5-3-2-4-6-18/h2-10,17H,1,11-14H2. The number of nitrogens with zero attached hydrogens (tertiary/aromatic N) is 1. The maximum atomic E-state index is 13.0. The molecule has 0 saturated carbocycles. The molecule has 1 fully saturated rings. The molecule has 0 aromatic heterocycles. The van der Waals surface area contributed by atoms with Crippen molar-refractivity contribution in [2.75, 3.05) is 13.1 Å². The summed E-state index contributed by atoms with van der Waals surface area (Å²) in [7, 11) is 0. The minimum absolute atomic E-state index is 0.0939. The zero-order valence-corrected chi connectivity index (χ0v) is 13.0. The molecule has 118 valence electrons. The van der Waals surface area contributed by atoms with Crippen LogP contribution in [-0.2, 0) is 0 Å². The third kappa shape index (κ3) is 3.50. The van der Waals surface area contributed by atoms with Gasteiger partial charge in [0.1, 0.15) is 5.82 Å². The van der Waals surface area contributed by atoms with Crippen LogP contribution in [0.2, 0.25) is 0 Å². The van der Waals surface area contributed by atoms with Gasteiger partial charge in [0, 0.05) is 18.7 Å². The Morgan fingerprint density at radius 3 is 2.17 bits per heavy atom. The average Bonchev–Trinajstić information content (AvgIpc) is 2.62. The number of rotatable bonds is 3. The molecule has 1 aliphatic rings. The number of amides is 1. The highest BCUT2D eigenvalue weighted by Gasteiger charge is 2.25. The van der Waals surface area contributed by atoms with Gasteiger partial charge in [-0.2, -0.15) is 0 Å². The molecule has 2 nitrogen and oxygen atoms in total. The Morgan fingerprint density at radius 1 is 0.957 bits per heavy atom. The van der Waals surface area contributed by atoms with E-state index in [1.54, 1.807) is 12.1 Å². The van der Waals surface area contributed by atoms with Gasteiger partial charge in [0.25, 0.3) is 5.91 Å². The molecule has 1 saturated heterocycles. The highest BCUT2D eigenvalue weighted by atomic mass is 19.1. The summed E-state index contributed by atoms with van der Waals surface area (Å²) >= 11 is 0. The predicted octanol–water partition coefficient (Wildman–Crippen LogP) is 4.39. The SMILES string of the molecule is C=C(c1ccc(F)cc1)C1CCN(C(=O)c2ccccc2)CC1. The number of carbonyl (C=O) groups is 1. The molecule has 0 radical (unpaired) electrons. The predicted molar refractivity (Wildman–Crippen MR) is 90.5 cm³/mol. The quantitative estimate of drug-likeness (QED) is 0.823. The van der Waals surface area contributed by atoms with Crippen molar-refractivity contribution in [2.45, 2.75) is 12.8 Å². The first-order valence-corrected chi connectivity index (χ1v) is 7.94. The van der Waals surface area contributed by atoms with E-state index in [2.05, 4.69) is 6.58 Å². The number of hydrogen-bond donors (Lipinski definition) is 0. The average molecular weight is 309 g/mol. The number of carbonyl (C=O) groups excluding carboxylic acids is 1. The number of allylic oxidation sites excluding steroid dienone is 1. The zero-order chi connectivity index (χ0) is 16.2. The zero-order valence-electron chi connectivity index (χ0n) is 13.0. The number of hydrogen-bond acceptors (Lipinski definition) is 1. The fourth-order valence-corrected chi connectivity index (χ4v) is 3.09. The molecular formula is C20H20FNO. The monoisotopic (exact) mass is 309 g/mol. The molecule has 0 bridgehead atoms. The van der Waals surface area contributed by atoms with Crippen molar-refractivity contribution < 1.29 is 9.18 Å². The van der Waals surface area contributed by atoms with Crippen LogP contribution in [0.1, 0.15) is 28.8 Å². The number of likely N-dealkylation sites (tertiary alicyclic amines) is 1. The third-order valence-electron chi connectivity index (χ3n) is 4.51. The molecule has 3 rings (SSSR count). The van der Waals surface area contributed by atoms with Crippen molar-refractivity contribution in [3.05, 3.63) is 78.1 Å². The van der Waals surface area contributed by atoms with E-state index in [1.807, 2.05) is 35.2 Å².